The first-order chi connectivity index (χ1) is 6.83. The minimum atomic E-state index is 0.271. The van der Waals surface area contributed by atoms with Gasteiger partial charge in [-0.05, 0) is 19.3 Å². The summed E-state index contributed by atoms with van der Waals surface area (Å²) >= 11 is 18.0. The lowest BCUT2D eigenvalue weighted by molar-refractivity contribution is 0.287. The molecule has 0 aliphatic rings. The SMILES string of the molecule is CCCCCCl.OCCCCCl.S=S. The van der Waals surface area contributed by atoms with Gasteiger partial charge in [0, 0.05) is 40.7 Å². The molecule has 0 spiro atoms. The van der Waals surface area contributed by atoms with Crippen LogP contribution in [-0.2, 0) is 22.4 Å². The summed E-state index contributed by atoms with van der Waals surface area (Å²) in [6, 6.07) is 0. The van der Waals surface area contributed by atoms with Crippen LogP contribution in [0.4, 0.5) is 0 Å². The Kier molecular flexibility index (Phi) is 42.6. The van der Waals surface area contributed by atoms with Crippen molar-refractivity contribution in [3.8, 4) is 0 Å². The summed E-state index contributed by atoms with van der Waals surface area (Å²) in [4.78, 5) is 0. The van der Waals surface area contributed by atoms with E-state index in [1.54, 1.807) is 0 Å². The van der Waals surface area contributed by atoms with Crippen LogP contribution in [0.15, 0.2) is 0 Å². The van der Waals surface area contributed by atoms with Gasteiger partial charge in [-0.2, -0.15) is 0 Å². The Hall–Kier alpha value is 0.980. The van der Waals surface area contributed by atoms with Crippen molar-refractivity contribution < 1.29 is 5.11 Å². The van der Waals surface area contributed by atoms with Crippen LogP contribution >= 0.6 is 23.2 Å². The topological polar surface area (TPSA) is 20.2 Å². The molecule has 0 aliphatic carbocycles. The number of halogens is 2. The van der Waals surface area contributed by atoms with Crippen LogP contribution in [0.2, 0.25) is 0 Å². The van der Waals surface area contributed by atoms with Crippen LogP contribution in [0, 0.1) is 0 Å². The van der Waals surface area contributed by atoms with E-state index < -0.39 is 0 Å². The van der Waals surface area contributed by atoms with Gasteiger partial charge >= 0.3 is 0 Å². The fraction of sp³-hybridized carbons (Fsp3) is 1.00. The minimum absolute atomic E-state index is 0.271. The van der Waals surface area contributed by atoms with Gasteiger partial charge in [0.05, 0.1) is 0 Å². The molecule has 0 aromatic heterocycles. The lowest BCUT2D eigenvalue weighted by atomic mass is 10.3. The van der Waals surface area contributed by atoms with E-state index in [-0.39, 0.29) is 6.61 Å². The Morgan fingerprint density at radius 1 is 0.929 bits per heavy atom. The maximum absolute atomic E-state index is 8.14. The van der Waals surface area contributed by atoms with E-state index in [9.17, 15) is 0 Å². The quantitative estimate of drug-likeness (QED) is 0.594. The molecule has 0 heterocycles. The van der Waals surface area contributed by atoms with Crippen LogP contribution in [0.3, 0.4) is 0 Å². The molecule has 0 unspecified atom stereocenters. The number of aliphatic hydroxyl groups excluding tert-OH is 1. The number of aliphatic hydroxyl groups is 1. The Morgan fingerprint density at radius 2 is 1.36 bits per heavy atom. The third-order valence-corrected chi connectivity index (χ3v) is 1.81. The molecule has 1 N–H and O–H groups in total. The Balaban J connectivity index is -0.000000147. The number of hydrogen-bond acceptors (Lipinski definition) is 3. The van der Waals surface area contributed by atoms with Crippen LogP contribution in [0.1, 0.15) is 39.0 Å². The molecule has 0 bridgehead atoms. The molecule has 0 fully saturated rings. The van der Waals surface area contributed by atoms with Crippen molar-refractivity contribution >= 4 is 45.6 Å². The molecular formula is C9H20Cl2OS2. The summed E-state index contributed by atoms with van der Waals surface area (Å²) in [6.45, 7) is 2.44. The molecule has 0 saturated heterocycles. The summed E-state index contributed by atoms with van der Waals surface area (Å²) in [5.74, 6) is 1.49. The van der Waals surface area contributed by atoms with Crippen molar-refractivity contribution in [2.24, 2.45) is 0 Å². The van der Waals surface area contributed by atoms with Gasteiger partial charge in [0.15, 0.2) is 0 Å². The lowest BCUT2D eigenvalue weighted by Crippen LogP contribution is -1.81. The van der Waals surface area contributed by atoms with E-state index in [0.717, 1.165) is 18.7 Å². The second-order valence-electron chi connectivity index (χ2n) is 2.52. The molecule has 0 aromatic rings. The van der Waals surface area contributed by atoms with Crippen LogP contribution in [0.5, 0.6) is 0 Å². The Labute approximate surface area is 108 Å². The van der Waals surface area contributed by atoms with E-state index in [2.05, 4.69) is 29.3 Å². The predicted molar refractivity (Wildman–Crippen MR) is 72.0 cm³/mol. The average Bonchev–Trinajstić information content (AvgIpc) is 2.27. The van der Waals surface area contributed by atoms with Crippen LogP contribution < -0.4 is 0 Å². The van der Waals surface area contributed by atoms with Crippen molar-refractivity contribution in [2.45, 2.75) is 39.0 Å². The average molecular weight is 279 g/mol. The van der Waals surface area contributed by atoms with Gasteiger partial charge in [0.2, 0.25) is 0 Å². The molecular weight excluding hydrogens is 259 g/mol. The first kappa shape index (κ1) is 20.4. The zero-order chi connectivity index (χ0) is 11.7. The fourth-order valence-corrected chi connectivity index (χ4v) is 0.929. The highest BCUT2D eigenvalue weighted by Gasteiger charge is 1.78. The maximum atomic E-state index is 8.14. The maximum Gasteiger partial charge on any atom is 0.0431 e. The first-order valence-electron chi connectivity index (χ1n) is 4.72. The van der Waals surface area contributed by atoms with Crippen LogP contribution in [0.25, 0.3) is 0 Å². The third kappa shape index (κ3) is 38.2. The Morgan fingerprint density at radius 3 is 1.50 bits per heavy atom. The molecule has 0 saturated carbocycles. The van der Waals surface area contributed by atoms with Gasteiger partial charge < -0.3 is 5.11 Å². The zero-order valence-electron chi connectivity index (χ0n) is 8.68. The van der Waals surface area contributed by atoms with E-state index >= 15 is 0 Å². The summed E-state index contributed by atoms with van der Waals surface area (Å²) in [5, 5.41) is 8.14. The molecule has 1 nitrogen and oxygen atoms in total. The standard InChI is InChI=1S/C5H11Cl.C4H9ClO.S2/c1-2-3-4-5-6;5-3-1-2-4-6;1-2/h2-5H2,1H3;6H,1-4H2;. The largest absolute Gasteiger partial charge is 0.396 e. The van der Waals surface area contributed by atoms with Gasteiger partial charge in [0.25, 0.3) is 0 Å². The molecule has 5 heteroatoms. The first-order valence-corrected chi connectivity index (χ1v) is 7.13. The molecule has 0 aliphatic heterocycles. The highest BCUT2D eigenvalue weighted by molar-refractivity contribution is 8.07. The third-order valence-electron chi connectivity index (χ3n) is 1.28. The smallest absolute Gasteiger partial charge is 0.0431 e. The second-order valence-corrected chi connectivity index (χ2v) is 3.27. The van der Waals surface area contributed by atoms with Crippen LogP contribution in [-0.4, -0.2) is 23.5 Å². The van der Waals surface area contributed by atoms with Gasteiger partial charge in [-0.25, -0.2) is 0 Å². The molecule has 0 aromatic carbocycles. The molecule has 0 atom stereocenters. The number of alkyl halides is 2. The van der Waals surface area contributed by atoms with Gasteiger partial charge in [0.1, 0.15) is 0 Å². The van der Waals surface area contributed by atoms with E-state index in [0.29, 0.717) is 5.88 Å². The normalized spacial score (nSPS) is 8.00. The van der Waals surface area contributed by atoms with Crippen molar-refractivity contribution in [3.63, 3.8) is 0 Å². The van der Waals surface area contributed by atoms with Gasteiger partial charge in [-0.3, -0.25) is 0 Å². The summed E-state index contributed by atoms with van der Waals surface area (Å²) in [5.41, 5.74) is 0. The number of rotatable bonds is 6. The summed E-state index contributed by atoms with van der Waals surface area (Å²) < 4.78 is 0. The van der Waals surface area contributed by atoms with Crippen molar-refractivity contribution in [1.29, 1.82) is 0 Å². The monoisotopic (exact) mass is 278 g/mol. The molecule has 14 heavy (non-hydrogen) atoms. The van der Waals surface area contributed by atoms with Gasteiger partial charge in [-0.1, -0.05) is 19.8 Å². The second kappa shape index (κ2) is 29.2. The van der Waals surface area contributed by atoms with E-state index in [4.69, 9.17) is 28.3 Å². The van der Waals surface area contributed by atoms with Crippen molar-refractivity contribution in [1.82, 2.24) is 0 Å². The number of hydrogen-bond donors (Lipinski definition) is 1. The van der Waals surface area contributed by atoms with Gasteiger partial charge in [-0.15, -0.1) is 23.2 Å². The zero-order valence-corrected chi connectivity index (χ0v) is 11.8. The molecule has 0 radical (unpaired) electrons. The number of unbranched alkanes of at least 4 members (excludes halogenated alkanes) is 3. The predicted octanol–water partition coefficient (Wildman–Crippen LogP) is 3.41. The molecule has 0 rings (SSSR count). The molecule has 88 valence electrons. The lowest BCUT2D eigenvalue weighted by Gasteiger charge is -1.84. The highest BCUT2D eigenvalue weighted by atomic mass is 35.5. The van der Waals surface area contributed by atoms with E-state index in [1.807, 2.05) is 0 Å². The van der Waals surface area contributed by atoms with E-state index in [1.165, 1.54) is 19.3 Å². The van der Waals surface area contributed by atoms with Crippen molar-refractivity contribution in [3.05, 3.63) is 0 Å². The molecule has 0 amide bonds. The highest BCUT2D eigenvalue weighted by Crippen LogP contribution is 1.93. The minimum Gasteiger partial charge on any atom is -0.396 e. The fourth-order valence-electron chi connectivity index (χ4n) is 0.551. The van der Waals surface area contributed by atoms with Crippen molar-refractivity contribution in [2.75, 3.05) is 18.4 Å². The Bertz CT molecular complexity index is 61.8. The summed E-state index contributed by atoms with van der Waals surface area (Å²) in [7, 11) is 0. The summed E-state index contributed by atoms with van der Waals surface area (Å²) in [6.07, 6.45) is 5.50.